The zero-order chi connectivity index (χ0) is 16.4. The van der Waals surface area contributed by atoms with Gasteiger partial charge in [-0.25, -0.2) is 9.78 Å². The molecule has 0 atom stereocenters. The van der Waals surface area contributed by atoms with Gasteiger partial charge in [0.05, 0.1) is 16.8 Å². The van der Waals surface area contributed by atoms with Crippen LogP contribution in [0.4, 0.5) is 0 Å². The maximum atomic E-state index is 12.5. The van der Waals surface area contributed by atoms with Crippen molar-refractivity contribution >= 4 is 11.9 Å². The molecule has 1 aromatic heterocycles. The van der Waals surface area contributed by atoms with E-state index in [9.17, 15) is 9.59 Å². The van der Waals surface area contributed by atoms with Crippen molar-refractivity contribution < 1.29 is 14.7 Å². The molecule has 23 heavy (non-hydrogen) atoms. The monoisotopic (exact) mass is 310 g/mol. The number of carbonyl (C=O) groups is 2. The average Bonchev–Trinajstić information content (AvgIpc) is 2.51. The van der Waals surface area contributed by atoms with Crippen molar-refractivity contribution in [1.82, 2.24) is 10.3 Å². The number of rotatable bonds is 4. The first-order chi connectivity index (χ1) is 11.0. The van der Waals surface area contributed by atoms with Crippen molar-refractivity contribution in [3.63, 3.8) is 0 Å². The van der Waals surface area contributed by atoms with Gasteiger partial charge in [-0.3, -0.25) is 4.79 Å². The summed E-state index contributed by atoms with van der Waals surface area (Å²) in [4.78, 5) is 27.7. The molecule has 3 rings (SSSR count). The highest BCUT2D eigenvalue weighted by Crippen LogP contribution is 2.41. The fourth-order valence-electron chi connectivity index (χ4n) is 2.97. The second kappa shape index (κ2) is 5.83. The number of aromatic nitrogens is 1. The number of carbonyl (C=O) groups excluding carboxylic acids is 1. The molecule has 0 bridgehead atoms. The molecule has 0 saturated heterocycles. The Balaban J connectivity index is 1.84. The molecular weight excluding hydrogens is 292 g/mol. The number of nitrogens with zero attached hydrogens (tertiary/aromatic N) is 1. The molecule has 2 aromatic rings. The summed E-state index contributed by atoms with van der Waals surface area (Å²) in [7, 11) is 0. The lowest BCUT2D eigenvalue weighted by molar-refractivity contribution is 0.0693. The lowest BCUT2D eigenvalue weighted by atomic mass is 9.71. The molecule has 1 fully saturated rings. The third kappa shape index (κ3) is 2.82. The summed E-state index contributed by atoms with van der Waals surface area (Å²) in [6, 6.07) is 12.8. The second-order valence-electron chi connectivity index (χ2n) is 5.89. The number of hydrogen-bond donors (Lipinski definition) is 2. The van der Waals surface area contributed by atoms with E-state index in [-0.39, 0.29) is 22.7 Å². The number of aromatic carboxylic acids is 1. The van der Waals surface area contributed by atoms with Crippen LogP contribution in [0.1, 0.15) is 51.4 Å². The zero-order valence-electron chi connectivity index (χ0n) is 12.9. The summed E-state index contributed by atoms with van der Waals surface area (Å²) in [6.07, 6.45) is 2.86. The fraction of sp³-hybridized carbons (Fsp3) is 0.278. The lowest BCUT2D eigenvalue weighted by Crippen LogP contribution is -2.51. The molecule has 0 unspecified atom stereocenters. The highest BCUT2D eigenvalue weighted by molar-refractivity contribution is 5.95. The molecule has 1 aromatic carbocycles. The number of carboxylic acid groups (broad SMARTS) is 1. The molecule has 1 heterocycles. The molecule has 1 saturated carbocycles. The van der Waals surface area contributed by atoms with E-state index >= 15 is 0 Å². The highest BCUT2D eigenvalue weighted by atomic mass is 16.4. The maximum absolute atomic E-state index is 12.5. The third-order valence-electron chi connectivity index (χ3n) is 4.44. The van der Waals surface area contributed by atoms with Crippen molar-refractivity contribution in [1.29, 1.82) is 0 Å². The Bertz CT molecular complexity index is 752. The molecule has 0 radical (unpaired) electrons. The van der Waals surface area contributed by atoms with Crippen LogP contribution in [0.3, 0.4) is 0 Å². The largest absolute Gasteiger partial charge is 0.478 e. The Kier molecular flexibility index (Phi) is 3.86. The minimum atomic E-state index is -1.04. The van der Waals surface area contributed by atoms with Crippen molar-refractivity contribution in [3.05, 3.63) is 65.0 Å². The van der Waals surface area contributed by atoms with Crippen LogP contribution in [0.15, 0.2) is 42.5 Å². The summed E-state index contributed by atoms with van der Waals surface area (Å²) in [5.41, 5.74) is 1.46. The third-order valence-corrected chi connectivity index (χ3v) is 4.44. The zero-order valence-corrected chi connectivity index (χ0v) is 12.9. The summed E-state index contributed by atoms with van der Waals surface area (Å²) in [6.45, 7) is 1.59. The molecular formula is C18H18N2O3. The van der Waals surface area contributed by atoms with Crippen molar-refractivity contribution in [2.24, 2.45) is 0 Å². The number of nitrogens with one attached hydrogen (secondary N) is 1. The highest BCUT2D eigenvalue weighted by Gasteiger charge is 2.40. The van der Waals surface area contributed by atoms with E-state index in [4.69, 9.17) is 5.11 Å². The predicted molar refractivity (Wildman–Crippen MR) is 85.4 cm³/mol. The molecule has 5 nitrogen and oxygen atoms in total. The Hall–Kier alpha value is -2.69. The second-order valence-corrected chi connectivity index (χ2v) is 5.89. The van der Waals surface area contributed by atoms with Crippen LogP contribution in [-0.2, 0) is 5.54 Å². The summed E-state index contributed by atoms with van der Waals surface area (Å²) >= 11 is 0. The minimum absolute atomic E-state index is 0.114. The maximum Gasteiger partial charge on any atom is 0.337 e. The Morgan fingerprint density at radius 3 is 2.35 bits per heavy atom. The first-order valence-corrected chi connectivity index (χ1v) is 7.61. The van der Waals surface area contributed by atoms with Gasteiger partial charge >= 0.3 is 5.97 Å². The van der Waals surface area contributed by atoms with E-state index in [1.807, 2.05) is 30.3 Å². The molecule has 2 N–H and O–H groups in total. The van der Waals surface area contributed by atoms with Crippen molar-refractivity contribution in [2.75, 3.05) is 0 Å². The number of hydrogen-bond acceptors (Lipinski definition) is 3. The van der Waals surface area contributed by atoms with Gasteiger partial charge in [-0.2, -0.15) is 0 Å². The Morgan fingerprint density at radius 2 is 1.83 bits per heavy atom. The van der Waals surface area contributed by atoms with E-state index in [0.717, 1.165) is 24.8 Å². The van der Waals surface area contributed by atoms with E-state index in [1.54, 1.807) is 6.92 Å². The molecule has 1 aliphatic carbocycles. The van der Waals surface area contributed by atoms with E-state index < -0.39 is 5.97 Å². The molecule has 0 spiro atoms. The quantitative estimate of drug-likeness (QED) is 0.910. The van der Waals surface area contributed by atoms with Crippen LogP contribution in [0.25, 0.3) is 0 Å². The van der Waals surface area contributed by atoms with Gasteiger partial charge < -0.3 is 10.4 Å². The normalized spacial score (nSPS) is 15.5. The van der Waals surface area contributed by atoms with E-state index in [1.165, 1.54) is 12.1 Å². The molecule has 0 aliphatic heterocycles. The predicted octanol–water partition coefficient (Wildman–Crippen LogP) is 2.90. The number of aryl methyl sites for hydroxylation is 1. The average molecular weight is 310 g/mol. The van der Waals surface area contributed by atoms with Gasteiger partial charge in [-0.05, 0) is 43.9 Å². The molecule has 1 aliphatic rings. The van der Waals surface area contributed by atoms with E-state index in [2.05, 4.69) is 10.3 Å². The number of pyridine rings is 1. The van der Waals surface area contributed by atoms with Gasteiger partial charge in [0.25, 0.3) is 5.91 Å². The van der Waals surface area contributed by atoms with Gasteiger partial charge in [0.1, 0.15) is 5.69 Å². The van der Waals surface area contributed by atoms with Gasteiger partial charge in [-0.1, -0.05) is 30.3 Å². The molecule has 5 heteroatoms. The van der Waals surface area contributed by atoms with Gasteiger partial charge in [0, 0.05) is 0 Å². The summed E-state index contributed by atoms with van der Waals surface area (Å²) < 4.78 is 0. The van der Waals surface area contributed by atoms with Gasteiger partial charge in [0.2, 0.25) is 0 Å². The van der Waals surface area contributed by atoms with Crippen LogP contribution in [0.5, 0.6) is 0 Å². The number of amides is 1. The van der Waals surface area contributed by atoms with Crippen molar-refractivity contribution in [3.8, 4) is 0 Å². The molecule has 118 valence electrons. The molecule has 1 amide bonds. The first-order valence-electron chi connectivity index (χ1n) is 7.61. The fourth-order valence-corrected chi connectivity index (χ4v) is 2.97. The van der Waals surface area contributed by atoms with E-state index in [0.29, 0.717) is 5.69 Å². The van der Waals surface area contributed by atoms with Crippen LogP contribution < -0.4 is 5.32 Å². The number of benzene rings is 1. The van der Waals surface area contributed by atoms with Crippen LogP contribution >= 0.6 is 0 Å². The SMILES string of the molecule is Cc1nc(C(=O)NC2(c3ccccc3)CCC2)ccc1C(=O)O. The minimum Gasteiger partial charge on any atom is -0.478 e. The van der Waals surface area contributed by atoms with Gasteiger partial charge in [0.15, 0.2) is 0 Å². The van der Waals surface area contributed by atoms with Crippen LogP contribution in [0.2, 0.25) is 0 Å². The van der Waals surface area contributed by atoms with Crippen LogP contribution in [0, 0.1) is 6.92 Å². The van der Waals surface area contributed by atoms with Gasteiger partial charge in [-0.15, -0.1) is 0 Å². The van der Waals surface area contributed by atoms with Crippen molar-refractivity contribution in [2.45, 2.75) is 31.7 Å². The number of carboxylic acids is 1. The smallest absolute Gasteiger partial charge is 0.337 e. The first kappa shape index (κ1) is 15.2. The lowest BCUT2D eigenvalue weighted by Gasteiger charge is -2.43. The Morgan fingerprint density at radius 1 is 1.13 bits per heavy atom. The Labute approximate surface area is 134 Å². The standard InChI is InChI=1S/C18H18N2O3/c1-12-14(17(22)23)8-9-15(19-12)16(21)20-18(10-5-11-18)13-6-3-2-4-7-13/h2-4,6-9H,5,10-11H2,1H3,(H,20,21)(H,22,23). The van der Waals surface area contributed by atoms with Crippen LogP contribution in [-0.4, -0.2) is 22.0 Å². The topological polar surface area (TPSA) is 79.3 Å². The summed E-state index contributed by atoms with van der Waals surface area (Å²) in [5.74, 6) is -1.31. The summed E-state index contributed by atoms with van der Waals surface area (Å²) in [5, 5.41) is 12.1.